The molecule has 0 saturated carbocycles. The Kier molecular flexibility index (Phi) is 7.79. The van der Waals surface area contributed by atoms with E-state index in [4.69, 9.17) is 4.74 Å². The van der Waals surface area contributed by atoms with Gasteiger partial charge in [0.15, 0.2) is 11.0 Å². The molecule has 1 aromatic heterocycles. The first kappa shape index (κ1) is 24.0. The zero-order chi connectivity index (χ0) is 24.6. The summed E-state index contributed by atoms with van der Waals surface area (Å²) in [6.07, 6.45) is 0. The molecule has 0 spiro atoms. The van der Waals surface area contributed by atoms with Crippen molar-refractivity contribution in [2.75, 3.05) is 18.2 Å². The average Bonchev–Trinajstić information content (AvgIpc) is 3.27. The monoisotopic (exact) mass is 487 g/mol. The average molecular weight is 488 g/mol. The highest BCUT2D eigenvalue weighted by Crippen LogP contribution is 2.25. The van der Waals surface area contributed by atoms with Crippen LogP contribution < -0.4 is 15.4 Å². The van der Waals surface area contributed by atoms with Gasteiger partial charge in [0.1, 0.15) is 5.75 Å². The molecule has 0 atom stereocenters. The molecule has 0 aliphatic rings. The van der Waals surface area contributed by atoms with Gasteiger partial charge in [-0.1, -0.05) is 66.4 Å². The molecule has 0 bridgehead atoms. The number of amides is 2. The topological polar surface area (TPSA) is 98.1 Å². The van der Waals surface area contributed by atoms with Gasteiger partial charge in [-0.3, -0.25) is 9.59 Å². The van der Waals surface area contributed by atoms with E-state index in [9.17, 15) is 9.59 Å². The minimum absolute atomic E-state index is 0.115. The minimum atomic E-state index is -0.256. The van der Waals surface area contributed by atoms with Crippen molar-refractivity contribution in [2.24, 2.45) is 7.05 Å². The summed E-state index contributed by atoms with van der Waals surface area (Å²) >= 11 is 1.27. The molecule has 2 amide bonds. The summed E-state index contributed by atoms with van der Waals surface area (Å²) in [5.74, 6) is 1.01. The van der Waals surface area contributed by atoms with E-state index < -0.39 is 0 Å². The number of para-hydroxylation sites is 1. The van der Waals surface area contributed by atoms with Gasteiger partial charge in [-0.05, 0) is 29.8 Å². The van der Waals surface area contributed by atoms with Crippen molar-refractivity contribution in [1.82, 2.24) is 20.1 Å². The number of thioether (sulfide) groups is 1. The van der Waals surface area contributed by atoms with Crippen LogP contribution >= 0.6 is 11.8 Å². The number of hydrogen-bond donors (Lipinski definition) is 2. The van der Waals surface area contributed by atoms with Crippen molar-refractivity contribution in [3.05, 3.63) is 90.0 Å². The maximum Gasteiger partial charge on any atom is 0.253 e. The van der Waals surface area contributed by atoms with E-state index in [1.165, 1.54) is 11.8 Å². The van der Waals surface area contributed by atoms with Gasteiger partial charge in [-0.15, -0.1) is 10.2 Å². The molecule has 0 aliphatic carbocycles. The van der Waals surface area contributed by atoms with Crippen LogP contribution in [0.1, 0.15) is 15.9 Å². The van der Waals surface area contributed by atoms with Gasteiger partial charge in [0.05, 0.1) is 24.1 Å². The van der Waals surface area contributed by atoms with Crippen molar-refractivity contribution in [3.63, 3.8) is 0 Å². The van der Waals surface area contributed by atoms with E-state index in [2.05, 4.69) is 20.8 Å². The number of aromatic nitrogens is 3. The highest BCUT2D eigenvalue weighted by Gasteiger charge is 2.16. The molecule has 0 aliphatic heterocycles. The first-order chi connectivity index (χ1) is 17.0. The lowest BCUT2D eigenvalue weighted by molar-refractivity contribution is -0.113. The third kappa shape index (κ3) is 6.07. The molecule has 0 unspecified atom stereocenters. The first-order valence-electron chi connectivity index (χ1n) is 10.9. The first-order valence-corrected chi connectivity index (χ1v) is 11.9. The van der Waals surface area contributed by atoms with E-state index in [0.29, 0.717) is 28.8 Å². The van der Waals surface area contributed by atoms with Crippen LogP contribution in [-0.4, -0.2) is 39.4 Å². The lowest BCUT2D eigenvalue weighted by Crippen LogP contribution is -2.25. The highest BCUT2D eigenvalue weighted by atomic mass is 32.2. The number of carbonyl (C=O) groups is 2. The SMILES string of the molecule is COc1cccc(-c2nnc(SCC(=O)Nc3ccccc3C(=O)NCc3ccccc3)n2C)c1. The molecule has 1 heterocycles. The summed E-state index contributed by atoms with van der Waals surface area (Å²) in [4.78, 5) is 25.4. The molecule has 4 aromatic rings. The highest BCUT2D eigenvalue weighted by molar-refractivity contribution is 7.99. The third-order valence-corrected chi connectivity index (χ3v) is 6.26. The van der Waals surface area contributed by atoms with E-state index >= 15 is 0 Å². The maximum atomic E-state index is 12.7. The molecule has 35 heavy (non-hydrogen) atoms. The lowest BCUT2D eigenvalue weighted by Gasteiger charge is -2.11. The van der Waals surface area contributed by atoms with E-state index in [0.717, 1.165) is 16.9 Å². The molecular formula is C26H25N5O3S. The van der Waals surface area contributed by atoms with Crippen molar-refractivity contribution >= 4 is 29.3 Å². The number of benzene rings is 3. The predicted octanol–water partition coefficient (Wildman–Crippen LogP) is 4.15. The summed E-state index contributed by atoms with van der Waals surface area (Å²) < 4.78 is 7.11. The van der Waals surface area contributed by atoms with E-state index in [1.54, 1.807) is 31.4 Å². The summed E-state index contributed by atoms with van der Waals surface area (Å²) in [6, 6.07) is 24.1. The summed E-state index contributed by atoms with van der Waals surface area (Å²) in [7, 11) is 3.46. The van der Waals surface area contributed by atoms with Crippen molar-refractivity contribution in [3.8, 4) is 17.1 Å². The Labute approximate surface area is 207 Å². The van der Waals surface area contributed by atoms with Gasteiger partial charge in [0, 0.05) is 19.2 Å². The largest absolute Gasteiger partial charge is 0.497 e. The Morgan fingerprint density at radius 1 is 0.971 bits per heavy atom. The summed E-state index contributed by atoms with van der Waals surface area (Å²) in [6.45, 7) is 0.402. The molecule has 4 rings (SSSR count). The van der Waals surface area contributed by atoms with Gasteiger partial charge in [-0.25, -0.2) is 0 Å². The fourth-order valence-electron chi connectivity index (χ4n) is 3.43. The number of anilines is 1. The van der Waals surface area contributed by atoms with Crippen molar-refractivity contribution in [2.45, 2.75) is 11.7 Å². The zero-order valence-electron chi connectivity index (χ0n) is 19.4. The third-order valence-electron chi connectivity index (χ3n) is 5.24. The summed E-state index contributed by atoms with van der Waals surface area (Å²) in [5.41, 5.74) is 2.72. The fraction of sp³-hybridized carbons (Fsp3) is 0.154. The Bertz CT molecular complexity index is 1320. The Morgan fingerprint density at radius 3 is 2.54 bits per heavy atom. The zero-order valence-corrected chi connectivity index (χ0v) is 20.2. The maximum absolute atomic E-state index is 12.7. The van der Waals surface area contributed by atoms with Crippen molar-refractivity contribution in [1.29, 1.82) is 0 Å². The minimum Gasteiger partial charge on any atom is -0.497 e. The fourth-order valence-corrected chi connectivity index (χ4v) is 4.15. The second-order valence-electron chi connectivity index (χ2n) is 7.65. The van der Waals surface area contributed by atoms with Crippen LogP contribution in [0.5, 0.6) is 5.75 Å². The molecular weight excluding hydrogens is 462 g/mol. The van der Waals surface area contributed by atoms with Crippen molar-refractivity contribution < 1.29 is 14.3 Å². The predicted molar refractivity (Wildman–Crippen MR) is 136 cm³/mol. The van der Waals surface area contributed by atoms with E-state index in [-0.39, 0.29) is 17.6 Å². The number of ether oxygens (including phenoxy) is 1. The molecule has 0 radical (unpaired) electrons. The van der Waals surface area contributed by atoms with Crippen LogP contribution in [0, 0.1) is 0 Å². The van der Waals surface area contributed by atoms with Crippen LogP contribution in [0.2, 0.25) is 0 Å². The van der Waals surface area contributed by atoms with Gasteiger partial charge < -0.3 is 19.9 Å². The van der Waals surface area contributed by atoms with Gasteiger partial charge in [0.2, 0.25) is 5.91 Å². The molecule has 3 aromatic carbocycles. The molecule has 0 fully saturated rings. The number of nitrogens with zero attached hydrogens (tertiary/aromatic N) is 3. The molecule has 8 nitrogen and oxygen atoms in total. The molecule has 2 N–H and O–H groups in total. The standard InChI is InChI=1S/C26H25N5O3S/c1-31-24(19-11-8-12-20(15-19)34-2)29-30-26(31)35-17-23(32)28-22-14-7-6-13-21(22)25(33)27-16-18-9-4-3-5-10-18/h3-15H,16-17H2,1-2H3,(H,27,33)(H,28,32). The Balaban J connectivity index is 1.37. The Morgan fingerprint density at radius 2 is 1.74 bits per heavy atom. The molecule has 178 valence electrons. The number of nitrogens with one attached hydrogen (secondary N) is 2. The van der Waals surface area contributed by atoms with Crippen LogP contribution in [0.3, 0.4) is 0 Å². The smallest absolute Gasteiger partial charge is 0.253 e. The van der Waals surface area contributed by atoms with Crippen LogP contribution in [0.25, 0.3) is 11.4 Å². The van der Waals surface area contributed by atoms with E-state index in [1.807, 2.05) is 66.2 Å². The molecule has 0 saturated heterocycles. The lowest BCUT2D eigenvalue weighted by atomic mass is 10.1. The number of hydrogen-bond acceptors (Lipinski definition) is 6. The summed E-state index contributed by atoms with van der Waals surface area (Å²) in [5, 5.41) is 14.8. The normalized spacial score (nSPS) is 10.6. The van der Waals surface area contributed by atoms with Gasteiger partial charge in [-0.2, -0.15) is 0 Å². The second-order valence-corrected chi connectivity index (χ2v) is 8.59. The second kappa shape index (κ2) is 11.3. The quantitative estimate of drug-likeness (QED) is 0.344. The van der Waals surface area contributed by atoms with Gasteiger partial charge in [0.25, 0.3) is 5.91 Å². The van der Waals surface area contributed by atoms with Crippen LogP contribution in [-0.2, 0) is 18.4 Å². The van der Waals surface area contributed by atoms with Gasteiger partial charge >= 0.3 is 0 Å². The number of methoxy groups -OCH3 is 1. The van der Waals surface area contributed by atoms with Crippen LogP contribution in [0.15, 0.2) is 84.0 Å². The number of rotatable bonds is 9. The number of carbonyl (C=O) groups excluding carboxylic acids is 2. The Hall–Kier alpha value is -4.11. The molecule has 9 heteroatoms. The van der Waals surface area contributed by atoms with Crippen LogP contribution in [0.4, 0.5) is 5.69 Å².